The van der Waals surface area contributed by atoms with E-state index in [1.807, 2.05) is 42.9 Å². The molecule has 0 radical (unpaired) electrons. The highest BCUT2D eigenvalue weighted by Crippen LogP contribution is 2.33. The Morgan fingerprint density at radius 3 is 2.75 bits per heavy atom. The summed E-state index contributed by atoms with van der Waals surface area (Å²) in [6.45, 7) is 4.82. The van der Waals surface area contributed by atoms with Crippen molar-refractivity contribution in [1.82, 2.24) is 19.4 Å². The molecule has 0 spiro atoms. The van der Waals surface area contributed by atoms with Crippen molar-refractivity contribution in [1.29, 1.82) is 0 Å². The lowest BCUT2D eigenvalue weighted by atomic mass is 10.1. The van der Waals surface area contributed by atoms with Crippen LogP contribution in [0.5, 0.6) is 0 Å². The van der Waals surface area contributed by atoms with Gasteiger partial charge in [0, 0.05) is 50.7 Å². The molecule has 24 heavy (non-hydrogen) atoms. The largest absolute Gasteiger partial charge is 0.347 e. The number of hydrogen-bond donors (Lipinski definition) is 0. The summed E-state index contributed by atoms with van der Waals surface area (Å²) in [6.07, 6.45) is 4.06. The molecular weight excluding hydrogens is 300 g/mol. The maximum Gasteiger partial charge on any atom is 0.270 e. The lowest BCUT2D eigenvalue weighted by Gasteiger charge is -2.25. The Hall–Kier alpha value is -2.14. The molecule has 4 rings (SSSR count). The van der Waals surface area contributed by atoms with Crippen molar-refractivity contribution in [3.05, 3.63) is 53.6 Å². The summed E-state index contributed by atoms with van der Waals surface area (Å²) >= 11 is 0. The van der Waals surface area contributed by atoms with E-state index >= 15 is 0 Å². The minimum Gasteiger partial charge on any atom is -0.347 e. The van der Waals surface area contributed by atoms with Crippen molar-refractivity contribution in [2.24, 2.45) is 7.05 Å². The number of hydrogen-bond acceptors (Lipinski definition) is 3. The molecule has 5 heteroatoms. The van der Waals surface area contributed by atoms with Crippen molar-refractivity contribution in [3.63, 3.8) is 0 Å². The first-order valence-corrected chi connectivity index (χ1v) is 8.72. The summed E-state index contributed by atoms with van der Waals surface area (Å²) in [6, 6.07) is 10.9. The van der Waals surface area contributed by atoms with Crippen LogP contribution in [0.4, 0.5) is 0 Å². The number of nitrogens with zero attached hydrogens (tertiary/aromatic N) is 4. The van der Waals surface area contributed by atoms with Crippen molar-refractivity contribution in [2.75, 3.05) is 13.1 Å². The summed E-state index contributed by atoms with van der Waals surface area (Å²) in [5.41, 5.74) is 2.98. The van der Waals surface area contributed by atoms with Gasteiger partial charge >= 0.3 is 0 Å². The van der Waals surface area contributed by atoms with E-state index in [1.54, 1.807) is 0 Å². The van der Waals surface area contributed by atoms with E-state index in [-0.39, 0.29) is 5.91 Å². The first kappa shape index (κ1) is 15.4. The molecule has 2 atom stereocenters. The Morgan fingerprint density at radius 1 is 1.17 bits per heavy atom. The molecule has 126 valence electrons. The predicted octanol–water partition coefficient (Wildman–Crippen LogP) is 2.22. The SMILES string of the molecule is Cc1cccc(CN2CC[C@H]3[C@H]2CCN3C(=O)c2cccn2C)n1. The second-order valence-electron chi connectivity index (χ2n) is 6.96. The van der Waals surface area contributed by atoms with Crippen LogP contribution in [-0.4, -0.2) is 50.4 Å². The van der Waals surface area contributed by atoms with Gasteiger partial charge in [-0.05, 0) is 44.0 Å². The Kier molecular flexibility index (Phi) is 3.88. The van der Waals surface area contributed by atoms with E-state index in [4.69, 9.17) is 0 Å². The van der Waals surface area contributed by atoms with E-state index in [0.29, 0.717) is 12.1 Å². The van der Waals surface area contributed by atoms with E-state index in [9.17, 15) is 4.79 Å². The van der Waals surface area contributed by atoms with Gasteiger partial charge in [-0.15, -0.1) is 0 Å². The second-order valence-corrected chi connectivity index (χ2v) is 6.96. The second kappa shape index (κ2) is 6.06. The fourth-order valence-corrected chi connectivity index (χ4v) is 4.25. The summed E-state index contributed by atoms with van der Waals surface area (Å²) in [7, 11) is 1.94. The number of carbonyl (C=O) groups excluding carboxylic acids is 1. The first-order chi connectivity index (χ1) is 11.6. The molecule has 0 aromatic carbocycles. The molecule has 0 saturated carbocycles. The molecule has 2 aliphatic heterocycles. The molecule has 2 fully saturated rings. The van der Waals surface area contributed by atoms with Crippen LogP contribution in [0, 0.1) is 6.92 Å². The predicted molar refractivity (Wildman–Crippen MR) is 92.6 cm³/mol. The Balaban J connectivity index is 1.47. The maximum absolute atomic E-state index is 12.9. The van der Waals surface area contributed by atoms with Crippen LogP contribution in [-0.2, 0) is 13.6 Å². The number of rotatable bonds is 3. The van der Waals surface area contributed by atoms with Crippen molar-refractivity contribution >= 4 is 5.91 Å². The van der Waals surface area contributed by atoms with Gasteiger partial charge in [-0.2, -0.15) is 0 Å². The molecule has 0 N–H and O–H groups in total. The Labute approximate surface area is 142 Å². The zero-order chi connectivity index (χ0) is 16.7. The Bertz CT molecular complexity index is 753. The topological polar surface area (TPSA) is 41.4 Å². The number of carbonyl (C=O) groups is 1. The molecule has 0 bridgehead atoms. The zero-order valence-corrected chi connectivity index (χ0v) is 14.4. The third-order valence-corrected chi connectivity index (χ3v) is 5.43. The van der Waals surface area contributed by atoms with Crippen LogP contribution >= 0.6 is 0 Å². The molecule has 2 aliphatic rings. The molecule has 1 amide bonds. The van der Waals surface area contributed by atoms with Crippen LogP contribution in [0.2, 0.25) is 0 Å². The minimum absolute atomic E-state index is 0.172. The molecule has 2 aromatic heterocycles. The van der Waals surface area contributed by atoms with Crippen molar-refractivity contribution < 1.29 is 4.79 Å². The third kappa shape index (κ3) is 2.63. The van der Waals surface area contributed by atoms with Gasteiger partial charge in [-0.3, -0.25) is 14.7 Å². The maximum atomic E-state index is 12.9. The number of fused-ring (bicyclic) bond motifs is 1. The average Bonchev–Trinajstić information content (AvgIpc) is 3.24. The van der Waals surface area contributed by atoms with E-state index < -0.39 is 0 Å². The summed E-state index contributed by atoms with van der Waals surface area (Å²) < 4.78 is 1.92. The van der Waals surface area contributed by atoms with Crippen LogP contribution < -0.4 is 0 Å². The standard InChI is InChI=1S/C19H24N4O/c1-14-5-3-6-15(20-14)13-22-11-8-17-16(22)9-12-23(17)19(24)18-7-4-10-21(18)2/h3-7,10,16-17H,8-9,11-13H2,1-2H3/t16-,17+/m1/s1. The minimum atomic E-state index is 0.172. The van der Waals surface area contributed by atoms with E-state index in [1.165, 1.54) is 0 Å². The normalized spacial score (nSPS) is 23.7. The fourth-order valence-electron chi connectivity index (χ4n) is 4.25. The summed E-state index contributed by atoms with van der Waals surface area (Å²) in [5.74, 6) is 0.172. The highest BCUT2D eigenvalue weighted by atomic mass is 16.2. The molecule has 2 aromatic rings. The van der Waals surface area contributed by atoms with Crippen molar-refractivity contribution in [2.45, 2.75) is 38.4 Å². The molecule has 4 heterocycles. The van der Waals surface area contributed by atoms with Gasteiger partial charge in [0.25, 0.3) is 5.91 Å². The van der Waals surface area contributed by atoms with Crippen LogP contribution in [0.15, 0.2) is 36.5 Å². The van der Waals surface area contributed by atoms with Gasteiger partial charge in [0.05, 0.1) is 5.69 Å². The molecular formula is C19H24N4O. The summed E-state index contributed by atoms with van der Waals surface area (Å²) in [5, 5.41) is 0. The lowest BCUT2D eigenvalue weighted by Crippen LogP contribution is -2.40. The number of pyridine rings is 1. The van der Waals surface area contributed by atoms with Gasteiger partial charge in [0.2, 0.25) is 0 Å². The van der Waals surface area contributed by atoms with Crippen LogP contribution in [0.1, 0.15) is 34.7 Å². The van der Waals surface area contributed by atoms with Gasteiger partial charge < -0.3 is 9.47 Å². The van der Waals surface area contributed by atoms with E-state index in [0.717, 1.165) is 49.6 Å². The van der Waals surface area contributed by atoms with Crippen LogP contribution in [0.3, 0.4) is 0 Å². The number of likely N-dealkylation sites (tertiary alicyclic amines) is 2. The molecule has 2 saturated heterocycles. The lowest BCUT2D eigenvalue weighted by molar-refractivity contribution is 0.0722. The van der Waals surface area contributed by atoms with Crippen molar-refractivity contribution in [3.8, 4) is 0 Å². The highest BCUT2D eigenvalue weighted by molar-refractivity contribution is 5.93. The van der Waals surface area contributed by atoms with Gasteiger partial charge in [0.1, 0.15) is 5.69 Å². The molecule has 0 aliphatic carbocycles. The van der Waals surface area contributed by atoms with Gasteiger partial charge in [-0.25, -0.2) is 0 Å². The van der Waals surface area contributed by atoms with E-state index in [2.05, 4.69) is 26.9 Å². The number of amides is 1. The van der Waals surface area contributed by atoms with Gasteiger partial charge in [0.15, 0.2) is 0 Å². The summed E-state index contributed by atoms with van der Waals surface area (Å²) in [4.78, 5) is 22.1. The highest BCUT2D eigenvalue weighted by Gasteiger charge is 2.44. The third-order valence-electron chi connectivity index (χ3n) is 5.43. The Morgan fingerprint density at radius 2 is 2.00 bits per heavy atom. The molecule has 0 unspecified atom stereocenters. The first-order valence-electron chi connectivity index (χ1n) is 8.72. The monoisotopic (exact) mass is 324 g/mol. The average molecular weight is 324 g/mol. The van der Waals surface area contributed by atoms with Gasteiger partial charge in [-0.1, -0.05) is 6.07 Å². The van der Waals surface area contributed by atoms with Crippen LogP contribution in [0.25, 0.3) is 0 Å². The number of aryl methyl sites for hydroxylation is 2. The smallest absolute Gasteiger partial charge is 0.270 e. The molecule has 5 nitrogen and oxygen atoms in total. The quantitative estimate of drug-likeness (QED) is 0.869. The zero-order valence-electron chi connectivity index (χ0n) is 14.4. The number of aromatic nitrogens is 2. The fraction of sp³-hybridized carbons (Fsp3) is 0.474.